The van der Waals surface area contributed by atoms with Gasteiger partial charge in [-0.2, -0.15) is 0 Å². The van der Waals surface area contributed by atoms with Crippen LogP contribution in [0.2, 0.25) is 0 Å². The first kappa shape index (κ1) is 11.5. The van der Waals surface area contributed by atoms with E-state index < -0.39 is 21.9 Å². The van der Waals surface area contributed by atoms with Crippen LogP contribution in [0.1, 0.15) is 13.3 Å². The molecule has 0 aromatic carbocycles. The number of aliphatic carboxylic acids is 1. The first-order chi connectivity index (χ1) is 6.32. The summed E-state index contributed by atoms with van der Waals surface area (Å²) in [6.07, 6.45) is 1.79. The number of rotatable bonds is 3. The second-order valence-electron chi connectivity index (χ2n) is 3.80. The SMILES string of the molecule is CC(C(=O)O)C1CCN(S(C)(=O)=O)C1. The molecule has 0 aromatic rings. The highest BCUT2D eigenvalue weighted by Gasteiger charge is 2.34. The third-order valence-electron chi connectivity index (χ3n) is 2.75. The molecule has 1 aliphatic heterocycles. The average molecular weight is 221 g/mol. The van der Waals surface area contributed by atoms with Crippen LogP contribution in [-0.4, -0.2) is 43.1 Å². The van der Waals surface area contributed by atoms with Crippen molar-refractivity contribution in [2.75, 3.05) is 19.3 Å². The van der Waals surface area contributed by atoms with E-state index in [4.69, 9.17) is 5.11 Å². The van der Waals surface area contributed by atoms with Gasteiger partial charge in [-0.3, -0.25) is 4.79 Å². The Morgan fingerprint density at radius 1 is 1.57 bits per heavy atom. The van der Waals surface area contributed by atoms with Crippen molar-refractivity contribution in [2.45, 2.75) is 13.3 Å². The first-order valence-corrected chi connectivity index (χ1v) is 6.35. The summed E-state index contributed by atoms with van der Waals surface area (Å²) in [5, 5.41) is 8.76. The molecular formula is C8H15NO4S. The summed E-state index contributed by atoms with van der Waals surface area (Å²) in [7, 11) is -3.15. The molecule has 0 saturated carbocycles. The van der Waals surface area contributed by atoms with Crippen LogP contribution < -0.4 is 0 Å². The van der Waals surface area contributed by atoms with Crippen LogP contribution in [0.4, 0.5) is 0 Å². The van der Waals surface area contributed by atoms with E-state index in [9.17, 15) is 13.2 Å². The Morgan fingerprint density at radius 3 is 2.50 bits per heavy atom. The molecule has 0 spiro atoms. The zero-order valence-electron chi connectivity index (χ0n) is 8.30. The summed E-state index contributed by atoms with van der Waals surface area (Å²) in [5.74, 6) is -1.38. The third kappa shape index (κ3) is 2.45. The minimum atomic E-state index is -3.15. The molecule has 82 valence electrons. The van der Waals surface area contributed by atoms with Crippen molar-refractivity contribution in [3.8, 4) is 0 Å². The highest BCUT2D eigenvalue weighted by molar-refractivity contribution is 7.88. The van der Waals surface area contributed by atoms with Gasteiger partial charge in [-0.05, 0) is 12.3 Å². The zero-order chi connectivity index (χ0) is 10.9. The van der Waals surface area contributed by atoms with Gasteiger partial charge in [0.1, 0.15) is 0 Å². The van der Waals surface area contributed by atoms with Crippen molar-refractivity contribution in [3.05, 3.63) is 0 Å². The molecule has 0 radical (unpaired) electrons. The van der Waals surface area contributed by atoms with Gasteiger partial charge in [-0.1, -0.05) is 6.92 Å². The van der Waals surface area contributed by atoms with E-state index >= 15 is 0 Å². The number of carbonyl (C=O) groups is 1. The van der Waals surface area contributed by atoms with Gasteiger partial charge < -0.3 is 5.11 Å². The van der Waals surface area contributed by atoms with Gasteiger partial charge in [0.2, 0.25) is 10.0 Å². The molecule has 6 heteroatoms. The number of hydrogen-bond acceptors (Lipinski definition) is 3. The van der Waals surface area contributed by atoms with E-state index in [0.29, 0.717) is 19.5 Å². The third-order valence-corrected chi connectivity index (χ3v) is 4.02. The minimum Gasteiger partial charge on any atom is -0.481 e. The predicted octanol–water partition coefficient (Wildman–Crippen LogP) is -0.0114. The van der Waals surface area contributed by atoms with Gasteiger partial charge in [0.05, 0.1) is 12.2 Å². The lowest BCUT2D eigenvalue weighted by Gasteiger charge is -2.15. The van der Waals surface area contributed by atoms with Crippen LogP contribution in [0.5, 0.6) is 0 Å². The molecule has 1 rings (SSSR count). The summed E-state index contributed by atoms with van der Waals surface area (Å²) in [6.45, 7) is 2.41. The second kappa shape index (κ2) is 3.86. The summed E-state index contributed by atoms with van der Waals surface area (Å²) < 4.78 is 23.6. The van der Waals surface area contributed by atoms with Crippen molar-refractivity contribution < 1.29 is 18.3 Å². The maximum Gasteiger partial charge on any atom is 0.306 e. The van der Waals surface area contributed by atoms with Gasteiger partial charge in [-0.15, -0.1) is 0 Å². The molecular weight excluding hydrogens is 206 g/mol. The van der Waals surface area contributed by atoms with Crippen LogP contribution in [-0.2, 0) is 14.8 Å². The number of hydrogen-bond donors (Lipinski definition) is 1. The van der Waals surface area contributed by atoms with Crippen LogP contribution >= 0.6 is 0 Å². The monoisotopic (exact) mass is 221 g/mol. The maximum absolute atomic E-state index is 11.2. The van der Waals surface area contributed by atoms with Gasteiger partial charge in [0.15, 0.2) is 0 Å². The van der Waals surface area contributed by atoms with Crippen LogP contribution in [0, 0.1) is 11.8 Å². The molecule has 0 amide bonds. The topological polar surface area (TPSA) is 74.7 Å². The summed E-state index contributed by atoms with van der Waals surface area (Å²) >= 11 is 0. The highest BCUT2D eigenvalue weighted by Crippen LogP contribution is 2.25. The highest BCUT2D eigenvalue weighted by atomic mass is 32.2. The smallest absolute Gasteiger partial charge is 0.306 e. The lowest BCUT2D eigenvalue weighted by molar-refractivity contribution is -0.142. The summed E-state index contributed by atoms with van der Waals surface area (Å²) in [6, 6.07) is 0. The van der Waals surface area contributed by atoms with Crippen molar-refractivity contribution in [2.24, 2.45) is 11.8 Å². The molecule has 2 unspecified atom stereocenters. The molecule has 2 atom stereocenters. The number of sulfonamides is 1. The Kier molecular flexibility index (Phi) is 3.16. The van der Waals surface area contributed by atoms with Crippen LogP contribution in [0.25, 0.3) is 0 Å². The molecule has 1 N–H and O–H groups in total. The number of nitrogens with zero attached hydrogens (tertiary/aromatic N) is 1. The Bertz CT molecular complexity index is 324. The molecule has 1 saturated heterocycles. The number of carboxylic acids is 1. The maximum atomic E-state index is 11.2. The number of carboxylic acid groups (broad SMARTS) is 1. The first-order valence-electron chi connectivity index (χ1n) is 4.50. The van der Waals surface area contributed by atoms with E-state index in [1.54, 1.807) is 6.92 Å². The Hall–Kier alpha value is -0.620. The average Bonchev–Trinajstić information content (AvgIpc) is 2.49. The molecule has 0 aromatic heterocycles. The lowest BCUT2D eigenvalue weighted by Crippen LogP contribution is -2.29. The zero-order valence-corrected chi connectivity index (χ0v) is 9.12. The van der Waals surface area contributed by atoms with E-state index in [-0.39, 0.29) is 5.92 Å². The molecule has 14 heavy (non-hydrogen) atoms. The van der Waals surface area contributed by atoms with Gasteiger partial charge in [-0.25, -0.2) is 12.7 Å². The second-order valence-corrected chi connectivity index (χ2v) is 5.78. The normalized spacial score (nSPS) is 26.3. The van der Waals surface area contributed by atoms with Crippen molar-refractivity contribution in [1.29, 1.82) is 0 Å². The van der Waals surface area contributed by atoms with Crippen LogP contribution in [0.15, 0.2) is 0 Å². The summed E-state index contributed by atoms with van der Waals surface area (Å²) in [5.41, 5.74) is 0. The van der Waals surface area contributed by atoms with E-state index in [1.807, 2.05) is 0 Å². The fourth-order valence-corrected chi connectivity index (χ4v) is 2.56. The van der Waals surface area contributed by atoms with Crippen molar-refractivity contribution in [1.82, 2.24) is 4.31 Å². The molecule has 1 fully saturated rings. The molecule has 1 heterocycles. The van der Waals surface area contributed by atoms with Crippen molar-refractivity contribution >= 4 is 16.0 Å². The summed E-state index contributed by atoms with van der Waals surface area (Å²) in [4.78, 5) is 10.7. The van der Waals surface area contributed by atoms with Gasteiger partial charge in [0.25, 0.3) is 0 Å². The Labute approximate surface area is 83.8 Å². The molecule has 0 bridgehead atoms. The van der Waals surface area contributed by atoms with Crippen molar-refractivity contribution in [3.63, 3.8) is 0 Å². The molecule has 5 nitrogen and oxygen atoms in total. The van der Waals surface area contributed by atoms with E-state index in [2.05, 4.69) is 0 Å². The molecule has 1 aliphatic rings. The molecule has 0 aliphatic carbocycles. The van der Waals surface area contributed by atoms with Crippen LogP contribution in [0.3, 0.4) is 0 Å². The van der Waals surface area contributed by atoms with E-state index in [1.165, 1.54) is 4.31 Å². The lowest BCUT2D eigenvalue weighted by atomic mass is 9.94. The fourth-order valence-electron chi connectivity index (χ4n) is 1.66. The van der Waals surface area contributed by atoms with E-state index in [0.717, 1.165) is 6.26 Å². The quantitative estimate of drug-likeness (QED) is 0.727. The minimum absolute atomic E-state index is 0.0535. The van der Waals surface area contributed by atoms with Gasteiger partial charge in [0, 0.05) is 13.1 Å². The predicted molar refractivity (Wildman–Crippen MR) is 51.3 cm³/mol. The largest absolute Gasteiger partial charge is 0.481 e. The fraction of sp³-hybridized carbons (Fsp3) is 0.875. The Balaban J connectivity index is 2.62. The van der Waals surface area contributed by atoms with Gasteiger partial charge >= 0.3 is 5.97 Å². The Morgan fingerprint density at radius 2 is 2.14 bits per heavy atom. The standard InChI is InChI=1S/C8H15NO4S/c1-6(8(10)11)7-3-4-9(5-7)14(2,12)13/h6-7H,3-5H2,1-2H3,(H,10,11).